The molecule has 0 fully saturated rings. The van der Waals surface area contributed by atoms with E-state index in [1.165, 1.54) is 23.5 Å². The van der Waals surface area contributed by atoms with E-state index in [-0.39, 0.29) is 11.4 Å². The quantitative estimate of drug-likeness (QED) is 0.583. The Hall–Kier alpha value is -2.79. The van der Waals surface area contributed by atoms with Crippen molar-refractivity contribution in [2.24, 2.45) is 0 Å². The molecule has 0 saturated carbocycles. The Balaban J connectivity index is 1.81. The Morgan fingerprint density at radius 3 is 2.52 bits per heavy atom. The van der Waals surface area contributed by atoms with Crippen LogP contribution in [0, 0.1) is 12.7 Å². The number of benzene rings is 2. The third-order valence-corrected chi connectivity index (χ3v) is 5.41. The van der Waals surface area contributed by atoms with Crippen LogP contribution in [0.3, 0.4) is 0 Å². The van der Waals surface area contributed by atoms with Crippen molar-refractivity contribution in [3.63, 3.8) is 0 Å². The first-order valence-corrected chi connectivity index (χ1v) is 8.75. The van der Waals surface area contributed by atoms with Crippen molar-refractivity contribution in [2.75, 3.05) is 0 Å². The summed E-state index contributed by atoms with van der Waals surface area (Å²) in [5.74, 6) is 0.374. The molecule has 0 bridgehead atoms. The van der Waals surface area contributed by atoms with Gasteiger partial charge in [-0.15, -0.1) is 11.3 Å². The molecule has 0 atom stereocenters. The fraction of sp³-hybridized carbons (Fsp3) is 0.100. The molecule has 25 heavy (non-hydrogen) atoms. The van der Waals surface area contributed by atoms with Crippen LogP contribution in [0.5, 0.6) is 0 Å². The number of nitrogens with one attached hydrogen (secondary N) is 1. The summed E-state index contributed by atoms with van der Waals surface area (Å²) in [4.78, 5) is 21.8. The highest BCUT2D eigenvalue weighted by molar-refractivity contribution is 7.22. The Bertz CT molecular complexity index is 1100. The van der Waals surface area contributed by atoms with Crippen molar-refractivity contribution in [1.29, 1.82) is 0 Å². The Kier molecular flexibility index (Phi) is 3.93. The van der Waals surface area contributed by atoms with Crippen LogP contribution in [-0.4, -0.2) is 9.97 Å². The summed E-state index contributed by atoms with van der Waals surface area (Å²) in [6, 6.07) is 16.2. The molecule has 2 heterocycles. The van der Waals surface area contributed by atoms with Crippen LogP contribution in [0.1, 0.15) is 17.0 Å². The number of thiophene rings is 1. The van der Waals surface area contributed by atoms with E-state index in [9.17, 15) is 9.18 Å². The maximum absolute atomic E-state index is 13.2. The van der Waals surface area contributed by atoms with Gasteiger partial charge in [-0.3, -0.25) is 4.79 Å². The van der Waals surface area contributed by atoms with Crippen LogP contribution in [0.2, 0.25) is 0 Å². The first-order valence-electron chi connectivity index (χ1n) is 7.94. The zero-order valence-electron chi connectivity index (χ0n) is 13.5. The molecule has 3 nitrogen and oxygen atoms in total. The molecule has 0 radical (unpaired) electrons. The van der Waals surface area contributed by atoms with E-state index in [4.69, 9.17) is 0 Å². The number of hydrogen-bond acceptors (Lipinski definition) is 3. The lowest BCUT2D eigenvalue weighted by Crippen LogP contribution is -2.11. The largest absolute Gasteiger partial charge is 0.310 e. The zero-order valence-corrected chi connectivity index (χ0v) is 14.4. The van der Waals surface area contributed by atoms with Gasteiger partial charge in [-0.05, 0) is 35.7 Å². The second kappa shape index (κ2) is 6.26. The van der Waals surface area contributed by atoms with E-state index in [1.807, 2.05) is 37.3 Å². The highest BCUT2D eigenvalue weighted by Crippen LogP contribution is 2.35. The van der Waals surface area contributed by atoms with E-state index in [0.29, 0.717) is 22.5 Å². The number of nitrogens with zero attached hydrogens (tertiary/aromatic N) is 1. The van der Waals surface area contributed by atoms with Crippen LogP contribution in [0.25, 0.3) is 20.7 Å². The Labute approximate surface area is 147 Å². The molecular formula is C20H15FN2OS. The number of fused-ring (bicyclic) bond motifs is 1. The second-order valence-corrected chi connectivity index (χ2v) is 6.92. The summed E-state index contributed by atoms with van der Waals surface area (Å²) >= 11 is 1.47. The molecule has 4 rings (SSSR count). The Morgan fingerprint density at radius 1 is 1.08 bits per heavy atom. The minimum Gasteiger partial charge on any atom is -0.310 e. The van der Waals surface area contributed by atoms with Crippen LogP contribution in [0.4, 0.5) is 4.39 Å². The molecule has 0 aliphatic rings. The predicted molar refractivity (Wildman–Crippen MR) is 99.6 cm³/mol. The molecule has 5 heteroatoms. The number of aromatic amines is 1. The van der Waals surface area contributed by atoms with Crippen molar-refractivity contribution in [3.05, 3.63) is 87.7 Å². The van der Waals surface area contributed by atoms with Gasteiger partial charge in [0.25, 0.3) is 5.56 Å². The maximum Gasteiger partial charge on any atom is 0.259 e. The third-order valence-electron chi connectivity index (χ3n) is 4.17. The smallest absolute Gasteiger partial charge is 0.259 e. The molecule has 2 aromatic heterocycles. The molecule has 0 amide bonds. The molecule has 2 aromatic carbocycles. The summed E-state index contributed by atoms with van der Waals surface area (Å²) in [5.41, 5.74) is 2.74. The molecule has 0 unspecified atom stereocenters. The highest BCUT2D eigenvalue weighted by Gasteiger charge is 2.15. The average Bonchev–Trinajstić information content (AvgIpc) is 2.93. The summed E-state index contributed by atoms with van der Waals surface area (Å²) in [5, 5.41) is 0.612. The minimum absolute atomic E-state index is 0.127. The lowest BCUT2D eigenvalue weighted by molar-refractivity contribution is 0.628. The highest BCUT2D eigenvalue weighted by atomic mass is 32.1. The molecule has 1 N–H and O–H groups in total. The van der Waals surface area contributed by atoms with Gasteiger partial charge in [-0.25, -0.2) is 9.37 Å². The zero-order chi connectivity index (χ0) is 17.4. The minimum atomic E-state index is -0.274. The number of H-pyrrole nitrogens is 1. The number of aromatic nitrogens is 2. The van der Waals surface area contributed by atoms with Gasteiger partial charge in [0.05, 0.1) is 5.39 Å². The first-order chi connectivity index (χ1) is 12.1. The lowest BCUT2D eigenvalue weighted by Gasteiger charge is -2.01. The lowest BCUT2D eigenvalue weighted by atomic mass is 10.1. The number of halogens is 1. The van der Waals surface area contributed by atoms with Gasteiger partial charge in [-0.1, -0.05) is 42.5 Å². The van der Waals surface area contributed by atoms with Crippen LogP contribution < -0.4 is 5.56 Å². The van der Waals surface area contributed by atoms with Gasteiger partial charge in [0.1, 0.15) is 16.5 Å². The molecular weight excluding hydrogens is 335 g/mol. The van der Waals surface area contributed by atoms with E-state index >= 15 is 0 Å². The number of rotatable bonds is 3. The van der Waals surface area contributed by atoms with E-state index < -0.39 is 0 Å². The van der Waals surface area contributed by atoms with E-state index in [2.05, 4.69) is 9.97 Å². The van der Waals surface area contributed by atoms with E-state index in [1.54, 1.807) is 12.1 Å². The van der Waals surface area contributed by atoms with Gasteiger partial charge in [-0.2, -0.15) is 0 Å². The summed E-state index contributed by atoms with van der Waals surface area (Å²) in [6.45, 7) is 1.91. The van der Waals surface area contributed by atoms with Crippen molar-refractivity contribution in [3.8, 4) is 10.4 Å². The van der Waals surface area contributed by atoms with Crippen molar-refractivity contribution >= 4 is 21.6 Å². The molecule has 0 aliphatic heterocycles. The average molecular weight is 350 g/mol. The van der Waals surface area contributed by atoms with Crippen molar-refractivity contribution in [2.45, 2.75) is 13.3 Å². The SMILES string of the molecule is Cc1c(-c2ccc(F)cc2)sc2nc(Cc3ccccc3)[nH]c(=O)c12. The topological polar surface area (TPSA) is 45.8 Å². The predicted octanol–water partition coefficient (Wildman–Crippen LogP) is 4.69. The molecule has 124 valence electrons. The second-order valence-electron chi connectivity index (χ2n) is 5.92. The fourth-order valence-corrected chi connectivity index (χ4v) is 4.14. The molecule has 4 aromatic rings. The van der Waals surface area contributed by atoms with Crippen molar-refractivity contribution < 1.29 is 4.39 Å². The van der Waals surface area contributed by atoms with Gasteiger partial charge in [0.15, 0.2) is 0 Å². The van der Waals surface area contributed by atoms with Crippen LogP contribution in [-0.2, 0) is 6.42 Å². The van der Waals surface area contributed by atoms with Gasteiger partial charge in [0.2, 0.25) is 0 Å². The monoisotopic (exact) mass is 350 g/mol. The first kappa shape index (κ1) is 15.7. The molecule has 0 spiro atoms. The van der Waals surface area contributed by atoms with Crippen LogP contribution in [0.15, 0.2) is 59.4 Å². The fourth-order valence-electron chi connectivity index (χ4n) is 2.94. The summed E-state index contributed by atoms with van der Waals surface area (Å²) in [6.07, 6.45) is 0.578. The van der Waals surface area contributed by atoms with Crippen LogP contribution >= 0.6 is 11.3 Å². The Morgan fingerprint density at radius 2 is 1.80 bits per heavy atom. The maximum atomic E-state index is 13.2. The van der Waals surface area contributed by atoms with E-state index in [0.717, 1.165) is 21.6 Å². The van der Waals surface area contributed by atoms with Gasteiger partial charge < -0.3 is 4.98 Å². The molecule has 0 saturated heterocycles. The van der Waals surface area contributed by atoms with Crippen molar-refractivity contribution in [1.82, 2.24) is 9.97 Å². The third kappa shape index (κ3) is 2.98. The summed E-state index contributed by atoms with van der Waals surface area (Å²) in [7, 11) is 0. The van der Waals surface area contributed by atoms with Gasteiger partial charge >= 0.3 is 0 Å². The standard InChI is InChI=1S/C20H15FN2OS/c1-12-17-19(24)22-16(11-13-5-3-2-4-6-13)23-20(17)25-18(12)14-7-9-15(21)10-8-14/h2-10H,11H2,1H3,(H,22,23,24). The number of hydrogen-bond donors (Lipinski definition) is 1. The normalized spacial score (nSPS) is 11.1. The summed E-state index contributed by atoms with van der Waals surface area (Å²) < 4.78 is 13.2. The van der Waals surface area contributed by atoms with Gasteiger partial charge in [0, 0.05) is 11.3 Å². The molecule has 0 aliphatic carbocycles. The number of aryl methyl sites for hydroxylation is 1.